The Morgan fingerprint density at radius 3 is 2.59 bits per heavy atom. The highest BCUT2D eigenvalue weighted by Gasteiger charge is 2.63. The van der Waals surface area contributed by atoms with Gasteiger partial charge in [-0.2, -0.15) is 5.10 Å². The van der Waals surface area contributed by atoms with Crippen molar-refractivity contribution in [2.45, 2.75) is 120 Å². The lowest BCUT2D eigenvalue weighted by molar-refractivity contribution is -0.141. The number of ether oxygens (including phenoxy) is 3. The SMILES string of the molecule is CCOc1ccc2c(O[C@@H]3C[C@H]4C(=O)N[C@]5(C(=O)NS(=O)(=O)C6(C)CC6)C[C@H]5/C=C\CCCCC[C@H](NC(=O)c5ccn(C)n5)C(=O)N4C3)cc(OC(C)C)nc2c1Cl. The molecule has 4 heterocycles. The third-order valence-corrected chi connectivity index (χ3v) is 14.0. The molecule has 2 aromatic heterocycles. The fourth-order valence-electron chi connectivity index (χ4n) is 7.75. The predicted molar refractivity (Wildman–Crippen MR) is 219 cm³/mol. The number of nitrogens with zero attached hydrogens (tertiary/aromatic N) is 4. The number of pyridine rings is 1. The van der Waals surface area contributed by atoms with Crippen LogP contribution in [0.1, 0.15) is 96.0 Å². The molecule has 1 saturated heterocycles. The molecule has 2 aliphatic heterocycles. The van der Waals surface area contributed by atoms with Gasteiger partial charge in [-0.05, 0) is 84.4 Å². The molecule has 0 radical (unpaired) electrons. The maximum atomic E-state index is 14.7. The number of allylic oxidation sites excluding steroid dienone is 1. The number of hydrogen-bond acceptors (Lipinski definition) is 11. The van der Waals surface area contributed by atoms with E-state index in [4.69, 9.17) is 25.8 Å². The first kappa shape index (κ1) is 42.2. The van der Waals surface area contributed by atoms with Gasteiger partial charge in [0.05, 0.1) is 24.0 Å². The van der Waals surface area contributed by atoms with Crippen LogP contribution in [0.3, 0.4) is 0 Å². The van der Waals surface area contributed by atoms with Gasteiger partial charge in [-0.15, -0.1) is 0 Å². The van der Waals surface area contributed by atoms with Crippen LogP contribution >= 0.6 is 11.6 Å². The van der Waals surface area contributed by atoms with Crippen molar-refractivity contribution in [3.8, 4) is 17.4 Å². The van der Waals surface area contributed by atoms with E-state index in [1.54, 1.807) is 44.4 Å². The molecule has 59 heavy (non-hydrogen) atoms. The summed E-state index contributed by atoms with van der Waals surface area (Å²) in [6.45, 7) is 7.46. The Morgan fingerprint density at radius 1 is 1.12 bits per heavy atom. The van der Waals surface area contributed by atoms with Gasteiger partial charge in [-0.25, -0.2) is 13.4 Å². The molecule has 5 atom stereocenters. The number of fused-ring (bicyclic) bond motifs is 3. The maximum Gasteiger partial charge on any atom is 0.272 e. The Bertz CT molecular complexity index is 2280. The highest BCUT2D eigenvalue weighted by molar-refractivity contribution is 7.91. The van der Waals surface area contributed by atoms with Gasteiger partial charge < -0.3 is 29.7 Å². The second-order valence-corrected chi connectivity index (χ2v) is 19.0. The Kier molecular flexibility index (Phi) is 11.9. The van der Waals surface area contributed by atoms with E-state index in [1.807, 2.05) is 32.9 Å². The Balaban J connectivity index is 1.23. The molecule has 2 aliphatic carbocycles. The van der Waals surface area contributed by atoms with E-state index in [0.29, 0.717) is 61.1 Å². The summed E-state index contributed by atoms with van der Waals surface area (Å²) in [5.41, 5.74) is -1.04. The lowest BCUT2D eigenvalue weighted by Gasteiger charge is -2.30. The van der Waals surface area contributed by atoms with E-state index in [0.717, 1.165) is 12.8 Å². The zero-order chi connectivity index (χ0) is 42.3. The first-order valence-electron chi connectivity index (χ1n) is 20.3. The quantitative estimate of drug-likeness (QED) is 0.232. The molecule has 3 aromatic rings. The number of carbonyl (C=O) groups excluding carboxylic acids is 4. The first-order chi connectivity index (χ1) is 28.0. The summed E-state index contributed by atoms with van der Waals surface area (Å²) in [5.74, 6) is -1.95. The topological polar surface area (TPSA) is 200 Å². The average Bonchev–Trinajstić information content (AvgIpc) is 3.98. The fourth-order valence-corrected chi connectivity index (χ4v) is 9.32. The third-order valence-electron chi connectivity index (χ3n) is 11.5. The lowest BCUT2D eigenvalue weighted by Crippen LogP contribution is -2.58. The minimum Gasteiger partial charge on any atom is -0.492 e. The number of rotatable bonds is 11. The molecule has 0 bridgehead atoms. The van der Waals surface area contributed by atoms with Crippen molar-refractivity contribution < 1.29 is 41.8 Å². The number of aromatic nitrogens is 3. The standard InChI is InChI=1S/C41H52ClN7O9S/c1-6-56-31-15-14-27-32(21-33(57-24(2)3)44-35(27)34(31)42)58-26-20-30-37(51)45-41(39(53)47-59(54,55)40(4)17-18-40)22-25(41)12-10-8-7-9-11-13-29(38(52)49(30)23-26)43-36(50)28-16-19-48(5)46-28/h10,12,14-16,19,21,24-26,29-30H,6-9,11,13,17-18,20,22-23H2,1-5H3,(H,43,50)(H,45,51)(H,47,53)/b12-10-/t25-,26-,29+,30+,41-/m1/s1. The van der Waals surface area contributed by atoms with Crippen LogP contribution in [-0.4, -0.2) is 99.4 Å². The maximum absolute atomic E-state index is 14.7. The Labute approximate surface area is 348 Å². The minimum atomic E-state index is -4.02. The fraction of sp³-hybridized carbons (Fsp3) is 0.561. The highest BCUT2D eigenvalue weighted by atomic mass is 35.5. The normalized spacial score (nSPS) is 26.1. The van der Waals surface area contributed by atoms with Crippen LogP contribution < -0.4 is 29.6 Å². The first-order valence-corrected chi connectivity index (χ1v) is 22.2. The van der Waals surface area contributed by atoms with Crippen LogP contribution in [0.4, 0.5) is 0 Å². The molecule has 4 aliphatic rings. The van der Waals surface area contributed by atoms with E-state index in [9.17, 15) is 27.6 Å². The number of benzene rings is 1. The minimum absolute atomic E-state index is 0.00199. The number of hydrogen-bond donors (Lipinski definition) is 3. The molecule has 18 heteroatoms. The van der Waals surface area contributed by atoms with E-state index in [2.05, 4.69) is 25.4 Å². The summed E-state index contributed by atoms with van der Waals surface area (Å²) in [4.78, 5) is 62.8. The summed E-state index contributed by atoms with van der Waals surface area (Å²) in [6.07, 6.45) is 8.57. The summed E-state index contributed by atoms with van der Waals surface area (Å²) in [5, 5.41) is 10.8. The summed E-state index contributed by atoms with van der Waals surface area (Å²) in [7, 11) is -2.33. The van der Waals surface area contributed by atoms with Crippen molar-refractivity contribution in [1.29, 1.82) is 0 Å². The second-order valence-electron chi connectivity index (χ2n) is 16.4. The van der Waals surface area contributed by atoms with Crippen LogP contribution in [0.25, 0.3) is 10.9 Å². The van der Waals surface area contributed by atoms with Crippen LogP contribution in [0, 0.1) is 5.92 Å². The summed E-state index contributed by atoms with van der Waals surface area (Å²) < 4.78 is 47.5. The van der Waals surface area contributed by atoms with Gasteiger partial charge in [0, 0.05) is 37.0 Å². The third kappa shape index (κ3) is 8.86. The van der Waals surface area contributed by atoms with Crippen LogP contribution in [-0.2, 0) is 31.5 Å². The van der Waals surface area contributed by atoms with Gasteiger partial charge in [0.25, 0.3) is 11.8 Å². The highest BCUT2D eigenvalue weighted by Crippen LogP contribution is 2.48. The molecule has 0 spiro atoms. The number of nitrogens with one attached hydrogen (secondary N) is 3. The molecule has 1 aromatic carbocycles. The average molecular weight is 854 g/mol. The van der Waals surface area contributed by atoms with Crippen LogP contribution in [0.15, 0.2) is 42.6 Å². The number of halogens is 1. The van der Waals surface area contributed by atoms with Crippen LogP contribution in [0.5, 0.6) is 17.4 Å². The largest absolute Gasteiger partial charge is 0.492 e. The molecule has 318 valence electrons. The molecular weight excluding hydrogens is 802 g/mol. The van der Waals surface area contributed by atoms with Gasteiger partial charge in [-0.3, -0.25) is 28.6 Å². The van der Waals surface area contributed by atoms with Crippen molar-refractivity contribution in [3.63, 3.8) is 0 Å². The number of aryl methyl sites for hydroxylation is 1. The lowest BCUT2D eigenvalue weighted by atomic mass is 10.0. The molecule has 16 nitrogen and oxygen atoms in total. The molecular formula is C41H52ClN7O9S. The number of carbonyl (C=O) groups is 4. The van der Waals surface area contributed by atoms with Crippen molar-refractivity contribution in [2.75, 3.05) is 13.2 Å². The zero-order valence-corrected chi connectivity index (χ0v) is 35.5. The summed E-state index contributed by atoms with van der Waals surface area (Å²) >= 11 is 6.79. The zero-order valence-electron chi connectivity index (χ0n) is 34.0. The second kappa shape index (κ2) is 16.6. The molecule has 3 N–H and O–H groups in total. The van der Waals surface area contributed by atoms with Crippen LogP contribution in [0.2, 0.25) is 5.02 Å². The smallest absolute Gasteiger partial charge is 0.272 e. The molecule has 2 saturated carbocycles. The van der Waals surface area contributed by atoms with E-state index >= 15 is 0 Å². The molecule has 4 amide bonds. The van der Waals surface area contributed by atoms with Gasteiger partial charge in [0.1, 0.15) is 51.5 Å². The van der Waals surface area contributed by atoms with Crippen molar-refractivity contribution in [2.24, 2.45) is 13.0 Å². The number of amides is 4. The van der Waals surface area contributed by atoms with Gasteiger partial charge in [0.15, 0.2) is 0 Å². The molecule has 3 fully saturated rings. The molecule has 7 rings (SSSR count). The van der Waals surface area contributed by atoms with Crippen molar-refractivity contribution in [1.82, 2.24) is 35.0 Å². The van der Waals surface area contributed by atoms with Gasteiger partial charge >= 0.3 is 0 Å². The van der Waals surface area contributed by atoms with Gasteiger partial charge in [0.2, 0.25) is 27.7 Å². The monoisotopic (exact) mass is 853 g/mol. The Morgan fingerprint density at radius 2 is 1.90 bits per heavy atom. The van der Waals surface area contributed by atoms with E-state index in [-0.39, 0.29) is 42.1 Å². The number of sulfonamides is 1. The predicted octanol–water partition coefficient (Wildman–Crippen LogP) is 4.35. The molecule has 0 unspecified atom stereocenters. The van der Waals surface area contributed by atoms with Crippen molar-refractivity contribution in [3.05, 3.63) is 53.3 Å². The Hall–Kier alpha value is -4.90. The van der Waals surface area contributed by atoms with Gasteiger partial charge in [-0.1, -0.05) is 36.6 Å². The van der Waals surface area contributed by atoms with E-state index in [1.165, 1.54) is 9.58 Å². The summed E-state index contributed by atoms with van der Waals surface area (Å²) in [6, 6.07) is 4.49. The van der Waals surface area contributed by atoms with Crippen molar-refractivity contribution >= 4 is 56.2 Å². The van der Waals surface area contributed by atoms with E-state index < -0.39 is 68.0 Å².